The first-order chi connectivity index (χ1) is 11.4. The Morgan fingerprint density at radius 2 is 1.92 bits per heavy atom. The second-order valence-electron chi connectivity index (χ2n) is 7.56. The number of likely N-dealkylation sites (tertiary alicyclic amines) is 1. The summed E-state index contributed by atoms with van der Waals surface area (Å²) in [6.45, 7) is 20.2. The summed E-state index contributed by atoms with van der Waals surface area (Å²) in [5, 5.41) is 7.03. The number of hydrogen-bond acceptors (Lipinski definition) is 3. The quantitative estimate of drug-likeness (QED) is 0.500. The summed E-state index contributed by atoms with van der Waals surface area (Å²) in [7, 11) is 0. The fourth-order valence-electron chi connectivity index (χ4n) is 3.24. The van der Waals surface area contributed by atoms with Crippen molar-refractivity contribution in [2.45, 2.75) is 73.1 Å². The van der Waals surface area contributed by atoms with Crippen molar-refractivity contribution in [3.8, 4) is 0 Å². The maximum Gasteiger partial charge on any atom is 0.191 e. The molecule has 1 aliphatic rings. The Balaban J connectivity index is 2.56. The molecule has 1 fully saturated rings. The number of guanidine groups is 1. The summed E-state index contributed by atoms with van der Waals surface area (Å²) in [4.78, 5) is 7.32. The van der Waals surface area contributed by atoms with Crippen molar-refractivity contribution in [2.24, 2.45) is 16.8 Å². The van der Waals surface area contributed by atoms with E-state index >= 15 is 0 Å². The van der Waals surface area contributed by atoms with Crippen molar-refractivity contribution in [2.75, 3.05) is 32.8 Å². The second-order valence-corrected chi connectivity index (χ2v) is 7.56. The predicted molar refractivity (Wildman–Crippen MR) is 104 cm³/mol. The zero-order valence-corrected chi connectivity index (χ0v) is 16.9. The average molecular weight is 341 g/mol. The fourth-order valence-corrected chi connectivity index (χ4v) is 3.24. The number of nitrogens with one attached hydrogen (secondary N) is 2. The number of ether oxygens (including phenoxy) is 1. The van der Waals surface area contributed by atoms with Crippen LogP contribution in [0.4, 0.5) is 0 Å². The molecule has 1 saturated heterocycles. The molecule has 0 radical (unpaired) electrons. The van der Waals surface area contributed by atoms with Crippen molar-refractivity contribution < 1.29 is 4.74 Å². The van der Waals surface area contributed by atoms with Gasteiger partial charge in [-0.1, -0.05) is 20.8 Å². The molecule has 5 heteroatoms. The van der Waals surface area contributed by atoms with Crippen LogP contribution in [0.25, 0.3) is 0 Å². The summed E-state index contributed by atoms with van der Waals surface area (Å²) in [6.07, 6.45) is 1.27. The van der Waals surface area contributed by atoms with Gasteiger partial charge in [-0.05, 0) is 46.0 Å². The minimum absolute atomic E-state index is 0.295. The highest BCUT2D eigenvalue weighted by Gasteiger charge is 2.31. The average Bonchev–Trinajstić information content (AvgIpc) is 2.87. The van der Waals surface area contributed by atoms with Gasteiger partial charge in [0.15, 0.2) is 5.96 Å². The van der Waals surface area contributed by atoms with Crippen LogP contribution in [0.2, 0.25) is 0 Å². The van der Waals surface area contributed by atoms with Gasteiger partial charge in [0.05, 0.1) is 6.10 Å². The molecule has 0 aromatic heterocycles. The highest BCUT2D eigenvalue weighted by molar-refractivity contribution is 5.80. The molecular weight excluding hydrogens is 300 g/mol. The highest BCUT2D eigenvalue weighted by Crippen LogP contribution is 2.18. The zero-order valence-electron chi connectivity index (χ0n) is 16.9. The molecule has 24 heavy (non-hydrogen) atoms. The lowest BCUT2D eigenvalue weighted by atomic mass is 10.0. The number of rotatable bonds is 9. The van der Waals surface area contributed by atoms with Crippen LogP contribution in [-0.2, 0) is 4.74 Å². The topological polar surface area (TPSA) is 48.9 Å². The van der Waals surface area contributed by atoms with Crippen LogP contribution < -0.4 is 10.6 Å². The smallest absolute Gasteiger partial charge is 0.191 e. The van der Waals surface area contributed by atoms with Crippen molar-refractivity contribution in [3.63, 3.8) is 0 Å². The Morgan fingerprint density at radius 1 is 1.21 bits per heavy atom. The summed E-state index contributed by atoms with van der Waals surface area (Å²) >= 11 is 0. The van der Waals surface area contributed by atoms with Gasteiger partial charge in [-0.3, -0.25) is 9.89 Å². The molecular formula is C19H40N4O. The minimum Gasteiger partial charge on any atom is -0.378 e. The lowest BCUT2D eigenvalue weighted by Gasteiger charge is -2.22. The number of hydrogen-bond donors (Lipinski definition) is 2. The Labute approximate surface area is 149 Å². The van der Waals surface area contributed by atoms with E-state index in [4.69, 9.17) is 9.73 Å². The predicted octanol–water partition coefficient (Wildman–Crippen LogP) is 2.72. The molecule has 142 valence electrons. The third-order valence-electron chi connectivity index (χ3n) is 4.85. The normalized spacial score (nSPS) is 24.0. The van der Waals surface area contributed by atoms with Gasteiger partial charge in [-0.25, -0.2) is 0 Å². The van der Waals surface area contributed by atoms with Crippen LogP contribution in [0.5, 0.6) is 0 Å². The third-order valence-corrected chi connectivity index (χ3v) is 4.85. The first-order valence-electron chi connectivity index (χ1n) is 9.79. The number of aliphatic imine (C=N–C) groups is 1. The van der Waals surface area contributed by atoms with E-state index in [0.29, 0.717) is 30.0 Å². The van der Waals surface area contributed by atoms with Crippen LogP contribution in [0, 0.1) is 11.8 Å². The minimum atomic E-state index is 0.295. The number of nitrogens with zero attached hydrogens (tertiary/aromatic N) is 2. The van der Waals surface area contributed by atoms with E-state index < -0.39 is 0 Å². The molecule has 0 amide bonds. The van der Waals surface area contributed by atoms with Crippen molar-refractivity contribution in [1.29, 1.82) is 0 Å². The molecule has 5 nitrogen and oxygen atoms in total. The van der Waals surface area contributed by atoms with E-state index in [-0.39, 0.29) is 0 Å². The molecule has 1 heterocycles. The first kappa shape index (κ1) is 21.2. The van der Waals surface area contributed by atoms with E-state index in [1.54, 1.807) is 0 Å². The lowest BCUT2D eigenvalue weighted by Crippen LogP contribution is -2.47. The van der Waals surface area contributed by atoms with Crippen molar-refractivity contribution >= 4 is 5.96 Å². The summed E-state index contributed by atoms with van der Waals surface area (Å²) in [5.41, 5.74) is 0. The molecule has 0 bridgehead atoms. The van der Waals surface area contributed by atoms with E-state index in [9.17, 15) is 0 Å². The summed E-state index contributed by atoms with van der Waals surface area (Å²) in [5.74, 6) is 2.12. The van der Waals surface area contributed by atoms with Gasteiger partial charge in [0.25, 0.3) is 0 Å². The largest absolute Gasteiger partial charge is 0.378 e. The fraction of sp³-hybridized carbons (Fsp3) is 0.947. The Kier molecular flexibility index (Phi) is 9.67. The molecule has 3 unspecified atom stereocenters. The molecule has 0 spiro atoms. The maximum absolute atomic E-state index is 5.82. The molecule has 3 atom stereocenters. The van der Waals surface area contributed by atoms with Crippen molar-refractivity contribution in [1.82, 2.24) is 15.5 Å². The summed E-state index contributed by atoms with van der Waals surface area (Å²) in [6, 6.07) is 1.08. The third kappa shape index (κ3) is 6.98. The van der Waals surface area contributed by atoms with Gasteiger partial charge >= 0.3 is 0 Å². The van der Waals surface area contributed by atoms with Gasteiger partial charge in [0.2, 0.25) is 0 Å². The zero-order chi connectivity index (χ0) is 18.1. The standard InChI is InChI=1S/C19H40N4O/c1-8-20-19(21-11-10-18(14(3)4)24-9-2)22-17-13-23(15(5)6)12-16(17)7/h14-18H,8-13H2,1-7H3,(H2,20,21,22). The SMILES string of the molecule is CCNC(=NCCC(OCC)C(C)C)NC1CN(C(C)C)CC1C. The molecule has 0 aromatic carbocycles. The van der Waals surface area contributed by atoms with Gasteiger partial charge in [0, 0.05) is 44.9 Å². The Hall–Kier alpha value is -0.810. The van der Waals surface area contributed by atoms with Crippen LogP contribution in [0.3, 0.4) is 0 Å². The van der Waals surface area contributed by atoms with E-state index in [1.807, 2.05) is 0 Å². The van der Waals surface area contributed by atoms with Gasteiger partial charge in [-0.2, -0.15) is 0 Å². The van der Waals surface area contributed by atoms with Gasteiger partial charge < -0.3 is 15.4 Å². The van der Waals surface area contributed by atoms with Crippen LogP contribution in [0.1, 0.15) is 54.9 Å². The van der Waals surface area contributed by atoms with Crippen LogP contribution in [-0.4, -0.2) is 61.8 Å². The molecule has 0 aromatic rings. The Morgan fingerprint density at radius 3 is 2.42 bits per heavy atom. The van der Waals surface area contributed by atoms with Crippen LogP contribution >= 0.6 is 0 Å². The Bertz CT molecular complexity index is 370. The highest BCUT2D eigenvalue weighted by atomic mass is 16.5. The molecule has 0 aliphatic carbocycles. The maximum atomic E-state index is 5.82. The second kappa shape index (κ2) is 10.9. The van der Waals surface area contributed by atoms with Gasteiger partial charge in [-0.15, -0.1) is 0 Å². The molecule has 1 aliphatic heterocycles. The monoisotopic (exact) mass is 340 g/mol. The lowest BCUT2D eigenvalue weighted by molar-refractivity contribution is 0.0266. The van der Waals surface area contributed by atoms with Crippen LogP contribution in [0.15, 0.2) is 4.99 Å². The van der Waals surface area contributed by atoms with Gasteiger partial charge in [0.1, 0.15) is 0 Å². The van der Waals surface area contributed by atoms with E-state index in [1.165, 1.54) is 0 Å². The van der Waals surface area contributed by atoms with E-state index in [2.05, 4.69) is 64.0 Å². The first-order valence-corrected chi connectivity index (χ1v) is 9.79. The molecule has 2 N–H and O–H groups in total. The summed E-state index contributed by atoms with van der Waals surface area (Å²) < 4.78 is 5.82. The molecule has 0 saturated carbocycles. The van der Waals surface area contributed by atoms with E-state index in [0.717, 1.165) is 45.2 Å². The molecule has 1 rings (SSSR count). The van der Waals surface area contributed by atoms with Crippen molar-refractivity contribution in [3.05, 3.63) is 0 Å².